The summed E-state index contributed by atoms with van der Waals surface area (Å²) in [4.78, 5) is 11.5. The van der Waals surface area contributed by atoms with Crippen molar-refractivity contribution in [1.29, 1.82) is 0 Å². The molecule has 1 aliphatic heterocycles. The summed E-state index contributed by atoms with van der Waals surface area (Å²) in [5.41, 5.74) is 2.40. The van der Waals surface area contributed by atoms with Crippen molar-refractivity contribution in [3.8, 4) is 0 Å². The molecule has 0 aliphatic carbocycles. The summed E-state index contributed by atoms with van der Waals surface area (Å²) in [7, 11) is -0.870. The number of benzene rings is 1. The van der Waals surface area contributed by atoms with Crippen LogP contribution in [0, 0.1) is 5.92 Å². The highest BCUT2D eigenvalue weighted by Gasteiger charge is 2.27. The van der Waals surface area contributed by atoms with Gasteiger partial charge in [0.05, 0.1) is 6.61 Å². The molecular formula is C11H14BNO3. The Balaban J connectivity index is 2.18. The van der Waals surface area contributed by atoms with Gasteiger partial charge in [-0.25, -0.2) is 0 Å². The molecule has 0 atom stereocenters. The molecule has 4 nitrogen and oxygen atoms in total. The predicted molar refractivity (Wildman–Crippen MR) is 62.3 cm³/mol. The van der Waals surface area contributed by atoms with Crippen LogP contribution in [0.3, 0.4) is 0 Å². The highest BCUT2D eigenvalue weighted by Crippen LogP contribution is 2.15. The zero-order chi connectivity index (χ0) is 11.7. The standard InChI is InChI=1S/C11H14BNO3/c1-7(2)11(14)13-9-4-3-8-6-16-12(15)10(8)5-9/h3-5,7,15H,6H2,1-2H3,(H,13,14). The number of anilines is 1. The average Bonchev–Trinajstić information content (AvgIpc) is 2.60. The van der Waals surface area contributed by atoms with Crippen LogP contribution in [-0.2, 0) is 16.1 Å². The van der Waals surface area contributed by atoms with Crippen LogP contribution in [0.5, 0.6) is 0 Å². The molecule has 2 rings (SSSR count). The van der Waals surface area contributed by atoms with Gasteiger partial charge in [-0.05, 0) is 23.2 Å². The molecule has 0 aromatic heterocycles. The highest BCUT2D eigenvalue weighted by atomic mass is 16.5. The van der Waals surface area contributed by atoms with Crippen LogP contribution in [0.2, 0.25) is 0 Å². The van der Waals surface area contributed by atoms with E-state index >= 15 is 0 Å². The molecule has 0 unspecified atom stereocenters. The van der Waals surface area contributed by atoms with Crippen molar-refractivity contribution in [2.45, 2.75) is 20.5 Å². The van der Waals surface area contributed by atoms with Crippen molar-refractivity contribution in [3.63, 3.8) is 0 Å². The number of hydrogen-bond donors (Lipinski definition) is 2. The normalized spacial score (nSPS) is 14.1. The topological polar surface area (TPSA) is 58.6 Å². The minimum absolute atomic E-state index is 0.0339. The molecule has 0 bridgehead atoms. The summed E-state index contributed by atoms with van der Waals surface area (Å²) in [6, 6.07) is 5.44. The minimum Gasteiger partial charge on any atom is -0.423 e. The molecule has 0 saturated heterocycles. The van der Waals surface area contributed by atoms with Crippen LogP contribution in [0.1, 0.15) is 19.4 Å². The maximum absolute atomic E-state index is 11.5. The molecule has 1 aromatic rings. The molecule has 1 heterocycles. The maximum Gasteiger partial charge on any atom is 0.491 e. The van der Waals surface area contributed by atoms with Gasteiger partial charge in [-0.3, -0.25) is 4.79 Å². The lowest BCUT2D eigenvalue weighted by molar-refractivity contribution is -0.118. The first-order chi connectivity index (χ1) is 7.58. The van der Waals surface area contributed by atoms with Gasteiger partial charge in [-0.15, -0.1) is 0 Å². The molecule has 1 amide bonds. The van der Waals surface area contributed by atoms with Crippen molar-refractivity contribution in [3.05, 3.63) is 23.8 Å². The van der Waals surface area contributed by atoms with E-state index in [0.29, 0.717) is 12.3 Å². The lowest BCUT2D eigenvalue weighted by atomic mass is 9.79. The zero-order valence-electron chi connectivity index (χ0n) is 9.36. The highest BCUT2D eigenvalue weighted by molar-refractivity contribution is 6.61. The number of carbonyl (C=O) groups is 1. The molecule has 16 heavy (non-hydrogen) atoms. The fourth-order valence-corrected chi connectivity index (χ4v) is 1.58. The lowest BCUT2D eigenvalue weighted by Crippen LogP contribution is -2.28. The summed E-state index contributed by atoms with van der Waals surface area (Å²) >= 11 is 0. The Morgan fingerprint density at radius 3 is 3.00 bits per heavy atom. The van der Waals surface area contributed by atoms with Crippen LogP contribution < -0.4 is 10.8 Å². The summed E-state index contributed by atoms with van der Waals surface area (Å²) in [5.74, 6) is -0.0946. The van der Waals surface area contributed by atoms with Crippen molar-refractivity contribution >= 4 is 24.2 Å². The van der Waals surface area contributed by atoms with Crippen molar-refractivity contribution in [2.24, 2.45) is 5.92 Å². The Bertz CT molecular complexity index is 420. The fraction of sp³-hybridized carbons (Fsp3) is 0.364. The Kier molecular flexibility index (Phi) is 2.98. The number of rotatable bonds is 2. The van der Waals surface area contributed by atoms with Crippen molar-refractivity contribution in [1.82, 2.24) is 0 Å². The summed E-state index contributed by atoms with van der Waals surface area (Å²) < 4.78 is 5.07. The first-order valence-electron chi connectivity index (χ1n) is 5.31. The van der Waals surface area contributed by atoms with Crippen LogP contribution in [0.4, 0.5) is 5.69 Å². The molecule has 5 heteroatoms. The third kappa shape index (κ3) is 2.10. The van der Waals surface area contributed by atoms with Gasteiger partial charge in [0.25, 0.3) is 0 Å². The molecule has 0 saturated carbocycles. The van der Waals surface area contributed by atoms with Crippen molar-refractivity contribution in [2.75, 3.05) is 5.32 Å². The van der Waals surface area contributed by atoms with E-state index in [2.05, 4.69) is 5.32 Å². The number of fused-ring (bicyclic) bond motifs is 1. The lowest BCUT2D eigenvalue weighted by Gasteiger charge is -2.09. The molecule has 1 aliphatic rings. The van der Waals surface area contributed by atoms with E-state index in [1.807, 2.05) is 26.0 Å². The van der Waals surface area contributed by atoms with E-state index in [1.165, 1.54) is 0 Å². The number of amides is 1. The second-order valence-corrected chi connectivity index (χ2v) is 4.22. The van der Waals surface area contributed by atoms with Gasteiger partial charge >= 0.3 is 7.12 Å². The molecule has 2 N–H and O–H groups in total. The van der Waals surface area contributed by atoms with Crippen LogP contribution in [0.15, 0.2) is 18.2 Å². The third-order valence-corrected chi connectivity index (χ3v) is 2.60. The Morgan fingerprint density at radius 2 is 2.31 bits per heavy atom. The van der Waals surface area contributed by atoms with Gasteiger partial charge in [0.2, 0.25) is 5.91 Å². The van der Waals surface area contributed by atoms with E-state index in [-0.39, 0.29) is 11.8 Å². The van der Waals surface area contributed by atoms with E-state index < -0.39 is 7.12 Å². The van der Waals surface area contributed by atoms with Crippen LogP contribution >= 0.6 is 0 Å². The second kappa shape index (κ2) is 4.27. The van der Waals surface area contributed by atoms with Crippen LogP contribution in [-0.4, -0.2) is 18.0 Å². The molecule has 84 valence electrons. The van der Waals surface area contributed by atoms with Gasteiger partial charge in [-0.1, -0.05) is 19.9 Å². The maximum atomic E-state index is 11.5. The van der Waals surface area contributed by atoms with E-state index in [1.54, 1.807) is 6.07 Å². The number of carbonyl (C=O) groups excluding carboxylic acids is 1. The predicted octanol–water partition coefficient (Wildman–Crippen LogP) is 0.499. The Labute approximate surface area is 94.8 Å². The van der Waals surface area contributed by atoms with E-state index in [0.717, 1.165) is 11.0 Å². The van der Waals surface area contributed by atoms with Gasteiger partial charge in [-0.2, -0.15) is 0 Å². The first-order valence-corrected chi connectivity index (χ1v) is 5.31. The quantitative estimate of drug-likeness (QED) is 0.712. The number of nitrogens with one attached hydrogen (secondary N) is 1. The second-order valence-electron chi connectivity index (χ2n) is 4.22. The molecule has 0 radical (unpaired) electrons. The fourth-order valence-electron chi connectivity index (χ4n) is 1.58. The van der Waals surface area contributed by atoms with Crippen molar-refractivity contribution < 1.29 is 14.5 Å². The van der Waals surface area contributed by atoms with E-state index in [4.69, 9.17) is 4.65 Å². The largest absolute Gasteiger partial charge is 0.491 e. The SMILES string of the molecule is CC(C)C(=O)Nc1ccc2c(c1)B(O)OC2. The van der Waals surface area contributed by atoms with Gasteiger partial charge < -0.3 is 15.0 Å². The number of hydrogen-bond acceptors (Lipinski definition) is 3. The summed E-state index contributed by atoms with van der Waals surface area (Å²) in [6.45, 7) is 4.09. The first kappa shape index (κ1) is 11.2. The monoisotopic (exact) mass is 219 g/mol. The summed E-state index contributed by atoms with van der Waals surface area (Å²) in [5, 5.41) is 12.3. The van der Waals surface area contributed by atoms with E-state index in [9.17, 15) is 9.82 Å². The Morgan fingerprint density at radius 1 is 1.56 bits per heavy atom. The molecule has 0 spiro atoms. The minimum atomic E-state index is -0.870. The summed E-state index contributed by atoms with van der Waals surface area (Å²) in [6.07, 6.45) is 0. The average molecular weight is 219 g/mol. The third-order valence-electron chi connectivity index (χ3n) is 2.60. The van der Waals surface area contributed by atoms with Gasteiger partial charge in [0, 0.05) is 11.6 Å². The zero-order valence-corrected chi connectivity index (χ0v) is 9.36. The Hall–Kier alpha value is -1.33. The molecular weight excluding hydrogens is 205 g/mol. The molecule has 1 aromatic carbocycles. The molecule has 0 fully saturated rings. The van der Waals surface area contributed by atoms with Gasteiger partial charge in [0.15, 0.2) is 0 Å². The van der Waals surface area contributed by atoms with Gasteiger partial charge in [0.1, 0.15) is 0 Å². The smallest absolute Gasteiger partial charge is 0.423 e. The van der Waals surface area contributed by atoms with Crippen LogP contribution in [0.25, 0.3) is 0 Å².